The van der Waals surface area contributed by atoms with Crippen molar-refractivity contribution in [3.8, 4) is 5.75 Å². The van der Waals surface area contributed by atoms with E-state index >= 15 is 0 Å². The normalized spacial score (nSPS) is 15.4. The molecule has 0 amide bonds. The summed E-state index contributed by atoms with van der Waals surface area (Å²) in [5.74, 6) is 0.416. The Morgan fingerprint density at radius 1 is 0.964 bits per heavy atom. The lowest BCUT2D eigenvalue weighted by atomic mass is 10.1. The number of carbonyl (C=O) groups excluding carboxylic acids is 1. The zero-order valence-electron chi connectivity index (χ0n) is 16.9. The van der Waals surface area contributed by atoms with E-state index in [9.17, 15) is 4.79 Å². The number of hydrogen-bond acceptors (Lipinski definition) is 6. The van der Waals surface area contributed by atoms with E-state index in [-0.39, 0.29) is 11.9 Å². The number of piperazine rings is 1. The minimum absolute atomic E-state index is 0.0417. The highest BCUT2D eigenvalue weighted by atomic mass is 16.6. The van der Waals surface area contributed by atoms with Crippen molar-refractivity contribution >= 4 is 17.3 Å². The second-order valence-electron chi connectivity index (χ2n) is 7.21. The first-order valence-corrected chi connectivity index (χ1v) is 9.91. The van der Waals surface area contributed by atoms with Crippen LogP contribution in [0.4, 0.5) is 11.4 Å². The van der Waals surface area contributed by atoms with Crippen LogP contribution in [-0.2, 0) is 9.53 Å². The fourth-order valence-corrected chi connectivity index (χ4v) is 3.34. The maximum Gasteiger partial charge on any atom is 0.347 e. The van der Waals surface area contributed by atoms with Gasteiger partial charge in [-0.05, 0) is 43.3 Å². The molecule has 150 valence electrons. The van der Waals surface area contributed by atoms with Crippen LogP contribution in [0.15, 0.2) is 48.8 Å². The van der Waals surface area contributed by atoms with Gasteiger partial charge in [-0.1, -0.05) is 13.8 Å². The molecule has 0 bridgehead atoms. The van der Waals surface area contributed by atoms with E-state index in [0.717, 1.165) is 26.2 Å². The van der Waals surface area contributed by atoms with Gasteiger partial charge in [-0.2, -0.15) is 0 Å². The maximum atomic E-state index is 12.1. The summed E-state index contributed by atoms with van der Waals surface area (Å²) in [6.45, 7) is 9.94. The maximum absolute atomic E-state index is 12.1. The molecule has 1 aromatic carbocycles. The SMILES string of the molecule is CCOC(=O)C(Oc1ccc(N2CCN(c3ccncc3)CC2)cc1)C(C)C. The largest absolute Gasteiger partial charge is 0.478 e. The Kier molecular flexibility index (Phi) is 6.74. The summed E-state index contributed by atoms with van der Waals surface area (Å²) in [7, 11) is 0. The number of carbonyl (C=O) groups is 1. The van der Waals surface area contributed by atoms with Gasteiger partial charge >= 0.3 is 5.97 Å². The van der Waals surface area contributed by atoms with E-state index in [2.05, 4.69) is 39.0 Å². The number of ether oxygens (including phenoxy) is 2. The van der Waals surface area contributed by atoms with E-state index in [1.165, 1.54) is 11.4 Å². The highest BCUT2D eigenvalue weighted by Crippen LogP contribution is 2.24. The molecule has 1 aromatic heterocycles. The molecule has 1 fully saturated rings. The van der Waals surface area contributed by atoms with Gasteiger partial charge in [0.2, 0.25) is 0 Å². The number of nitrogens with zero attached hydrogens (tertiary/aromatic N) is 3. The molecular weight excluding hydrogens is 354 g/mol. The Morgan fingerprint density at radius 3 is 2.00 bits per heavy atom. The number of benzene rings is 1. The number of esters is 1. The Hall–Kier alpha value is -2.76. The predicted molar refractivity (Wildman–Crippen MR) is 111 cm³/mol. The number of pyridine rings is 1. The van der Waals surface area contributed by atoms with Crippen LogP contribution >= 0.6 is 0 Å². The van der Waals surface area contributed by atoms with Crippen molar-refractivity contribution in [2.45, 2.75) is 26.9 Å². The molecule has 6 heteroatoms. The zero-order valence-corrected chi connectivity index (χ0v) is 16.9. The lowest BCUT2D eigenvalue weighted by Crippen LogP contribution is -2.46. The second kappa shape index (κ2) is 9.44. The molecule has 0 aliphatic carbocycles. The Labute approximate surface area is 167 Å². The molecule has 0 spiro atoms. The lowest BCUT2D eigenvalue weighted by Gasteiger charge is -2.37. The molecule has 0 saturated carbocycles. The zero-order chi connectivity index (χ0) is 19.9. The van der Waals surface area contributed by atoms with E-state index in [1.54, 1.807) is 6.92 Å². The van der Waals surface area contributed by atoms with E-state index in [0.29, 0.717) is 12.4 Å². The standard InChI is InChI=1S/C22H29N3O3/c1-4-27-22(26)21(17(2)3)28-20-7-5-18(6-8-20)24-13-15-25(16-14-24)19-9-11-23-12-10-19/h5-12,17,21H,4,13-16H2,1-3H3. The lowest BCUT2D eigenvalue weighted by molar-refractivity contribution is -0.153. The van der Waals surface area contributed by atoms with Crippen molar-refractivity contribution in [2.24, 2.45) is 5.92 Å². The Balaban J connectivity index is 1.58. The van der Waals surface area contributed by atoms with Gasteiger partial charge < -0.3 is 19.3 Å². The van der Waals surface area contributed by atoms with Gasteiger partial charge in [-0.25, -0.2) is 4.79 Å². The molecular formula is C22H29N3O3. The molecule has 28 heavy (non-hydrogen) atoms. The summed E-state index contributed by atoms with van der Waals surface area (Å²) < 4.78 is 11.0. The quantitative estimate of drug-likeness (QED) is 0.684. The molecule has 1 aliphatic rings. The molecule has 2 heterocycles. The van der Waals surface area contributed by atoms with E-state index in [4.69, 9.17) is 9.47 Å². The van der Waals surface area contributed by atoms with Gasteiger partial charge in [0.1, 0.15) is 5.75 Å². The van der Waals surface area contributed by atoms with Crippen LogP contribution in [0.2, 0.25) is 0 Å². The summed E-state index contributed by atoms with van der Waals surface area (Å²) in [6, 6.07) is 12.1. The summed E-state index contributed by atoms with van der Waals surface area (Å²) in [6.07, 6.45) is 3.08. The third-order valence-electron chi connectivity index (χ3n) is 4.90. The molecule has 1 unspecified atom stereocenters. The first kappa shape index (κ1) is 20.0. The van der Waals surface area contributed by atoms with Crippen LogP contribution in [0.1, 0.15) is 20.8 Å². The van der Waals surface area contributed by atoms with Crippen molar-refractivity contribution in [1.82, 2.24) is 4.98 Å². The van der Waals surface area contributed by atoms with Crippen molar-refractivity contribution in [3.05, 3.63) is 48.8 Å². The topological polar surface area (TPSA) is 54.9 Å². The van der Waals surface area contributed by atoms with E-state index < -0.39 is 6.10 Å². The van der Waals surface area contributed by atoms with Crippen LogP contribution in [-0.4, -0.2) is 49.8 Å². The minimum Gasteiger partial charge on any atom is -0.478 e. The average Bonchev–Trinajstić information content (AvgIpc) is 2.73. The third-order valence-corrected chi connectivity index (χ3v) is 4.90. The first-order chi connectivity index (χ1) is 13.6. The van der Waals surface area contributed by atoms with E-state index in [1.807, 2.05) is 38.4 Å². The van der Waals surface area contributed by atoms with Crippen LogP contribution in [0.3, 0.4) is 0 Å². The van der Waals surface area contributed by atoms with Crippen LogP contribution < -0.4 is 14.5 Å². The molecule has 2 aromatic rings. The van der Waals surface area contributed by atoms with Crippen molar-refractivity contribution in [1.29, 1.82) is 0 Å². The Bertz CT molecular complexity index is 741. The van der Waals surface area contributed by atoms with Crippen molar-refractivity contribution < 1.29 is 14.3 Å². The summed E-state index contributed by atoms with van der Waals surface area (Å²) in [5.41, 5.74) is 2.39. The average molecular weight is 383 g/mol. The predicted octanol–water partition coefficient (Wildman–Crippen LogP) is 3.37. The summed E-state index contributed by atoms with van der Waals surface area (Å²) in [4.78, 5) is 20.9. The molecule has 0 radical (unpaired) electrons. The van der Waals surface area contributed by atoms with Crippen LogP contribution in [0, 0.1) is 5.92 Å². The molecule has 6 nitrogen and oxygen atoms in total. The van der Waals surface area contributed by atoms with Crippen molar-refractivity contribution in [3.63, 3.8) is 0 Å². The van der Waals surface area contributed by atoms with Gasteiger partial charge in [-0.3, -0.25) is 4.98 Å². The number of rotatable bonds is 7. The van der Waals surface area contributed by atoms with Gasteiger partial charge in [0.25, 0.3) is 0 Å². The third kappa shape index (κ3) is 4.94. The smallest absolute Gasteiger partial charge is 0.347 e. The van der Waals surface area contributed by atoms with Gasteiger partial charge in [-0.15, -0.1) is 0 Å². The molecule has 3 rings (SSSR count). The highest BCUT2D eigenvalue weighted by Gasteiger charge is 2.25. The molecule has 1 saturated heterocycles. The van der Waals surface area contributed by atoms with Gasteiger partial charge in [0.15, 0.2) is 6.10 Å². The number of aromatic nitrogens is 1. The van der Waals surface area contributed by atoms with Gasteiger partial charge in [0.05, 0.1) is 6.61 Å². The highest BCUT2D eigenvalue weighted by molar-refractivity contribution is 5.75. The molecule has 1 aliphatic heterocycles. The van der Waals surface area contributed by atoms with Crippen molar-refractivity contribution in [2.75, 3.05) is 42.6 Å². The molecule has 0 N–H and O–H groups in total. The summed E-state index contributed by atoms with van der Waals surface area (Å²) in [5, 5.41) is 0. The Morgan fingerprint density at radius 2 is 1.50 bits per heavy atom. The van der Waals surface area contributed by atoms with Crippen LogP contribution in [0.25, 0.3) is 0 Å². The minimum atomic E-state index is -0.588. The first-order valence-electron chi connectivity index (χ1n) is 9.91. The van der Waals surface area contributed by atoms with Gasteiger partial charge in [0, 0.05) is 55.9 Å². The number of hydrogen-bond donors (Lipinski definition) is 0. The summed E-state index contributed by atoms with van der Waals surface area (Å²) >= 11 is 0. The molecule has 1 atom stereocenters. The fraction of sp³-hybridized carbons (Fsp3) is 0.455. The monoisotopic (exact) mass is 383 g/mol. The fourth-order valence-electron chi connectivity index (χ4n) is 3.34. The number of anilines is 2. The van der Waals surface area contributed by atoms with Crippen LogP contribution in [0.5, 0.6) is 5.75 Å². The second-order valence-corrected chi connectivity index (χ2v) is 7.21.